The van der Waals surface area contributed by atoms with Gasteiger partial charge >= 0.3 is 6.18 Å². The van der Waals surface area contributed by atoms with E-state index in [1.807, 2.05) is 6.07 Å². The van der Waals surface area contributed by atoms with E-state index in [2.05, 4.69) is 10.3 Å². The number of alkyl halides is 3. The highest BCUT2D eigenvalue weighted by Crippen LogP contribution is 2.33. The van der Waals surface area contributed by atoms with Crippen molar-refractivity contribution in [2.24, 2.45) is 0 Å². The Labute approximate surface area is 107 Å². The zero-order chi connectivity index (χ0) is 13.2. The second-order valence-corrected chi connectivity index (χ2v) is 4.24. The second-order valence-electron chi connectivity index (χ2n) is 3.80. The molecule has 0 saturated carbocycles. The summed E-state index contributed by atoms with van der Waals surface area (Å²) in [5.41, 5.74) is 0.533. The van der Waals surface area contributed by atoms with Crippen LogP contribution in [-0.4, -0.2) is 4.98 Å². The molecule has 0 radical (unpaired) electrons. The van der Waals surface area contributed by atoms with Gasteiger partial charge in [-0.2, -0.15) is 13.2 Å². The molecule has 2 nitrogen and oxygen atoms in total. The number of hydrogen-bond donors (Lipinski definition) is 2. The molecule has 6 heteroatoms. The number of H-pyrrole nitrogens is 1. The molecule has 1 aromatic heterocycles. The van der Waals surface area contributed by atoms with Crippen molar-refractivity contribution in [3.05, 3.63) is 52.8 Å². The van der Waals surface area contributed by atoms with Crippen LogP contribution in [0.4, 0.5) is 18.9 Å². The lowest BCUT2D eigenvalue weighted by Gasteiger charge is -2.11. The highest BCUT2D eigenvalue weighted by atomic mass is 35.5. The zero-order valence-corrected chi connectivity index (χ0v) is 9.94. The van der Waals surface area contributed by atoms with Crippen LogP contribution in [0.2, 0.25) is 5.02 Å². The van der Waals surface area contributed by atoms with E-state index < -0.39 is 11.7 Å². The number of benzene rings is 1. The van der Waals surface area contributed by atoms with Crippen molar-refractivity contribution in [3.8, 4) is 0 Å². The first kappa shape index (κ1) is 12.8. The number of aromatic amines is 1. The third kappa shape index (κ3) is 3.20. The lowest BCUT2D eigenvalue weighted by Crippen LogP contribution is -2.06. The molecule has 2 rings (SSSR count). The average Bonchev–Trinajstić information content (AvgIpc) is 2.77. The third-order valence-corrected chi connectivity index (χ3v) is 2.60. The van der Waals surface area contributed by atoms with Crippen molar-refractivity contribution in [2.75, 3.05) is 5.32 Å². The first-order chi connectivity index (χ1) is 8.45. The Hall–Kier alpha value is -1.62. The monoisotopic (exact) mass is 274 g/mol. The summed E-state index contributed by atoms with van der Waals surface area (Å²) >= 11 is 5.67. The second kappa shape index (κ2) is 4.94. The topological polar surface area (TPSA) is 27.8 Å². The van der Waals surface area contributed by atoms with Gasteiger partial charge in [-0.1, -0.05) is 11.6 Å². The molecule has 0 amide bonds. The van der Waals surface area contributed by atoms with Crippen LogP contribution in [0.5, 0.6) is 0 Å². The van der Waals surface area contributed by atoms with E-state index in [9.17, 15) is 13.2 Å². The average molecular weight is 275 g/mol. The number of hydrogen-bond acceptors (Lipinski definition) is 1. The number of halogens is 4. The summed E-state index contributed by atoms with van der Waals surface area (Å²) in [5.74, 6) is 0. The SMILES string of the molecule is FC(F)(F)c1cc(Cl)cc(NCc2cc[nH]c2)c1. The van der Waals surface area contributed by atoms with Crippen LogP contribution in [-0.2, 0) is 12.7 Å². The van der Waals surface area contributed by atoms with Gasteiger partial charge in [0.05, 0.1) is 5.56 Å². The number of rotatable bonds is 3. The first-order valence-electron chi connectivity index (χ1n) is 5.18. The van der Waals surface area contributed by atoms with Crippen LogP contribution >= 0.6 is 11.6 Å². The molecule has 0 aliphatic carbocycles. The molecule has 18 heavy (non-hydrogen) atoms. The van der Waals surface area contributed by atoms with Gasteiger partial charge in [0, 0.05) is 29.6 Å². The van der Waals surface area contributed by atoms with Gasteiger partial charge in [0.25, 0.3) is 0 Å². The van der Waals surface area contributed by atoms with Crippen molar-refractivity contribution in [1.82, 2.24) is 4.98 Å². The Balaban J connectivity index is 2.15. The van der Waals surface area contributed by atoms with Gasteiger partial charge in [0.1, 0.15) is 0 Å². The van der Waals surface area contributed by atoms with Crippen molar-refractivity contribution in [3.63, 3.8) is 0 Å². The summed E-state index contributed by atoms with van der Waals surface area (Å²) < 4.78 is 37.7. The lowest BCUT2D eigenvalue weighted by molar-refractivity contribution is -0.137. The van der Waals surface area contributed by atoms with E-state index in [0.717, 1.165) is 17.7 Å². The predicted molar refractivity (Wildman–Crippen MR) is 64.6 cm³/mol. The van der Waals surface area contributed by atoms with Crippen molar-refractivity contribution in [1.29, 1.82) is 0 Å². The van der Waals surface area contributed by atoms with Gasteiger partial charge < -0.3 is 10.3 Å². The molecule has 0 spiro atoms. The van der Waals surface area contributed by atoms with Crippen molar-refractivity contribution < 1.29 is 13.2 Å². The minimum atomic E-state index is -4.39. The van der Waals surface area contributed by atoms with Crippen LogP contribution in [0, 0.1) is 0 Å². The summed E-state index contributed by atoms with van der Waals surface area (Å²) in [5, 5.41) is 2.95. The maximum absolute atomic E-state index is 12.6. The highest BCUT2D eigenvalue weighted by molar-refractivity contribution is 6.30. The van der Waals surface area contributed by atoms with E-state index in [4.69, 9.17) is 11.6 Å². The Morgan fingerprint density at radius 2 is 2.00 bits per heavy atom. The molecule has 0 unspecified atom stereocenters. The predicted octanol–water partition coefficient (Wildman–Crippen LogP) is 4.30. The van der Waals surface area contributed by atoms with Gasteiger partial charge in [-0.3, -0.25) is 0 Å². The Kier molecular flexibility index (Phi) is 3.52. The fourth-order valence-corrected chi connectivity index (χ4v) is 1.76. The van der Waals surface area contributed by atoms with Crippen LogP contribution in [0.25, 0.3) is 0 Å². The molecule has 1 heterocycles. The van der Waals surface area contributed by atoms with E-state index in [1.165, 1.54) is 6.07 Å². The minimum absolute atomic E-state index is 0.0568. The van der Waals surface area contributed by atoms with Gasteiger partial charge in [-0.15, -0.1) is 0 Å². The van der Waals surface area contributed by atoms with Crippen LogP contribution in [0.3, 0.4) is 0 Å². The summed E-state index contributed by atoms with van der Waals surface area (Å²) in [7, 11) is 0. The quantitative estimate of drug-likeness (QED) is 0.858. The fourth-order valence-electron chi connectivity index (χ4n) is 1.53. The normalized spacial score (nSPS) is 11.6. The Morgan fingerprint density at radius 3 is 2.61 bits per heavy atom. The molecule has 96 valence electrons. The maximum Gasteiger partial charge on any atom is 0.416 e. The number of aromatic nitrogens is 1. The molecule has 0 aliphatic rings. The number of nitrogens with one attached hydrogen (secondary N) is 2. The Morgan fingerprint density at radius 1 is 1.22 bits per heavy atom. The first-order valence-corrected chi connectivity index (χ1v) is 5.56. The highest BCUT2D eigenvalue weighted by Gasteiger charge is 2.31. The summed E-state index contributed by atoms with van der Waals surface area (Å²) in [6.45, 7) is 0.432. The van der Waals surface area contributed by atoms with E-state index in [-0.39, 0.29) is 5.02 Å². The van der Waals surface area contributed by atoms with E-state index in [1.54, 1.807) is 12.4 Å². The minimum Gasteiger partial charge on any atom is -0.381 e. The van der Waals surface area contributed by atoms with Gasteiger partial charge in [-0.25, -0.2) is 0 Å². The van der Waals surface area contributed by atoms with Gasteiger partial charge in [-0.05, 0) is 29.8 Å². The molecule has 0 bridgehead atoms. The molecule has 0 saturated heterocycles. The van der Waals surface area contributed by atoms with Crippen molar-refractivity contribution >= 4 is 17.3 Å². The van der Waals surface area contributed by atoms with E-state index in [0.29, 0.717) is 12.2 Å². The summed E-state index contributed by atoms with van der Waals surface area (Å²) in [6.07, 6.45) is -0.881. The van der Waals surface area contributed by atoms with E-state index >= 15 is 0 Å². The molecular weight excluding hydrogens is 265 g/mol. The molecular formula is C12H10ClF3N2. The maximum atomic E-state index is 12.6. The lowest BCUT2D eigenvalue weighted by atomic mass is 10.2. The zero-order valence-electron chi connectivity index (χ0n) is 9.18. The molecule has 2 N–H and O–H groups in total. The van der Waals surface area contributed by atoms with Gasteiger partial charge in [0.2, 0.25) is 0 Å². The fraction of sp³-hybridized carbons (Fsp3) is 0.167. The molecule has 0 aliphatic heterocycles. The summed E-state index contributed by atoms with van der Waals surface area (Å²) in [6, 6.07) is 5.24. The van der Waals surface area contributed by atoms with Crippen LogP contribution in [0.1, 0.15) is 11.1 Å². The summed E-state index contributed by atoms with van der Waals surface area (Å²) in [4.78, 5) is 2.87. The Bertz CT molecular complexity index is 521. The van der Waals surface area contributed by atoms with Gasteiger partial charge in [0.15, 0.2) is 0 Å². The third-order valence-electron chi connectivity index (χ3n) is 2.38. The number of anilines is 1. The standard InChI is InChI=1S/C12H10ClF3N2/c13-10-3-9(12(14,15)16)4-11(5-10)18-7-8-1-2-17-6-8/h1-6,17-18H,7H2. The largest absolute Gasteiger partial charge is 0.416 e. The van der Waals surface area contributed by atoms with Crippen molar-refractivity contribution in [2.45, 2.75) is 12.7 Å². The molecule has 0 fully saturated rings. The smallest absolute Gasteiger partial charge is 0.381 e. The molecule has 1 aromatic carbocycles. The van der Waals surface area contributed by atoms with Crippen LogP contribution < -0.4 is 5.32 Å². The molecule has 2 aromatic rings. The van der Waals surface area contributed by atoms with Crippen LogP contribution in [0.15, 0.2) is 36.7 Å². The molecule has 0 atom stereocenters.